The summed E-state index contributed by atoms with van der Waals surface area (Å²) < 4.78 is 5.41. The average Bonchev–Trinajstić information content (AvgIpc) is 2.17. The van der Waals surface area contributed by atoms with Crippen molar-refractivity contribution in [2.24, 2.45) is 0 Å². The third kappa shape index (κ3) is 1.79. The maximum Gasteiger partial charge on any atom is 0.234 e. The van der Waals surface area contributed by atoms with E-state index in [1.165, 1.54) is 0 Å². The summed E-state index contributed by atoms with van der Waals surface area (Å²) in [6.45, 7) is 3.90. The molecule has 2 aromatic heterocycles. The molecule has 0 fully saturated rings. The summed E-state index contributed by atoms with van der Waals surface area (Å²) >= 11 is 0. The van der Waals surface area contributed by atoms with Gasteiger partial charge < -0.3 is 4.74 Å². The Morgan fingerprint density at radius 3 is 2.93 bits per heavy atom. The Bertz CT molecular complexity index is 442. The summed E-state index contributed by atoms with van der Waals surface area (Å²) in [7, 11) is 0. The standard InChI is InChI=1S/C10H11N3O/c1-7(2)14-9-6-12-8-4-3-5-11-10(8)13-9/h3-7H,1-2H3. The maximum absolute atomic E-state index is 5.41. The van der Waals surface area contributed by atoms with E-state index in [2.05, 4.69) is 15.0 Å². The molecule has 2 heterocycles. The van der Waals surface area contributed by atoms with E-state index in [1.807, 2.05) is 26.0 Å². The van der Waals surface area contributed by atoms with Crippen LogP contribution in [0, 0.1) is 0 Å². The quantitative estimate of drug-likeness (QED) is 0.722. The van der Waals surface area contributed by atoms with Gasteiger partial charge in [-0.3, -0.25) is 0 Å². The predicted molar refractivity (Wildman–Crippen MR) is 53.1 cm³/mol. The van der Waals surface area contributed by atoms with Crippen molar-refractivity contribution >= 4 is 11.2 Å². The molecule has 72 valence electrons. The van der Waals surface area contributed by atoms with Gasteiger partial charge in [0.15, 0.2) is 5.65 Å². The number of hydrogen-bond acceptors (Lipinski definition) is 4. The third-order valence-corrected chi connectivity index (χ3v) is 1.65. The first-order valence-corrected chi connectivity index (χ1v) is 4.50. The molecular formula is C10H11N3O. The minimum atomic E-state index is 0.102. The van der Waals surface area contributed by atoms with E-state index in [0.717, 1.165) is 5.52 Å². The second-order valence-corrected chi connectivity index (χ2v) is 3.22. The number of rotatable bonds is 2. The van der Waals surface area contributed by atoms with Gasteiger partial charge in [-0.1, -0.05) is 0 Å². The lowest BCUT2D eigenvalue weighted by atomic mass is 10.4. The summed E-state index contributed by atoms with van der Waals surface area (Å²) in [5.41, 5.74) is 1.40. The normalized spacial score (nSPS) is 10.8. The molecule has 0 aliphatic rings. The molecule has 2 aromatic rings. The molecule has 0 unspecified atom stereocenters. The first kappa shape index (κ1) is 8.87. The highest BCUT2D eigenvalue weighted by atomic mass is 16.5. The average molecular weight is 189 g/mol. The highest BCUT2D eigenvalue weighted by Crippen LogP contribution is 2.11. The molecule has 0 radical (unpaired) electrons. The van der Waals surface area contributed by atoms with Gasteiger partial charge in [0.2, 0.25) is 5.88 Å². The minimum absolute atomic E-state index is 0.102. The summed E-state index contributed by atoms with van der Waals surface area (Å²) in [5.74, 6) is 0.520. The molecular weight excluding hydrogens is 178 g/mol. The lowest BCUT2D eigenvalue weighted by molar-refractivity contribution is 0.232. The first-order chi connectivity index (χ1) is 6.75. The zero-order valence-corrected chi connectivity index (χ0v) is 8.14. The van der Waals surface area contributed by atoms with Crippen LogP contribution in [0.2, 0.25) is 0 Å². The summed E-state index contributed by atoms with van der Waals surface area (Å²) in [6, 6.07) is 3.70. The van der Waals surface area contributed by atoms with Crippen LogP contribution >= 0.6 is 0 Å². The van der Waals surface area contributed by atoms with Crippen molar-refractivity contribution in [1.82, 2.24) is 15.0 Å². The van der Waals surface area contributed by atoms with Crippen molar-refractivity contribution in [3.8, 4) is 5.88 Å². The largest absolute Gasteiger partial charge is 0.474 e. The molecule has 0 amide bonds. The van der Waals surface area contributed by atoms with Crippen LogP contribution in [0.15, 0.2) is 24.5 Å². The number of fused-ring (bicyclic) bond motifs is 1. The molecule has 4 heteroatoms. The molecule has 4 nitrogen and oxygen atoms in total. The Morgan fingerprint density at radius 1 is 1.29 bits per heavy atom. The summed E-state index contributed by atoms with van der Waals surface area (Å²) in [4.78, 5) is 12.5. The molecule has 0 saturated carbocycles. The number of hydrogen-bond donors (Lipinski definition) is 0. The monoisotopic (exact) mass is 189 g/mol. The van der Waals surface area contributed by atoms with Gasteiger partial charge in [-0.05, 0) is 26.0 Å². The maximum atomic E-state index is 5.41. The fourth-order valence-electron chi connectivity index (χ4n) is 1.13. The minimum Gasteiger partial charge on any atom is -0.474 e. The van der Waals surface area contributed by atoms with Gasteiger partial charge in [0, 0.05) is 6.20 Å². The predicted octanol–water partition coefficient (Wildman–Crippen LogP) is 1.81. The second kappa shape index (κ2) is 3.57. The van der Waals surface area contributed by atoms with Crippen LogP contribution in [0.3, 0.4) is 0 Å². The van der Waals surface area contributed by atoms with E-state index in [-0.39, 0.29) is 6.10 Å². The van der Waals surface area contributed by atoms with Crippen LogP contribution in [0.1, 0.15) is 13.8 Å². The van der Waals surface area contributed by atoms with Gasteiger partial charge in [-0.2, -0.15) is 4.98 Å². The lowest BCUT2D eigenvalue weighted by Gasteiger charge is -2.07. The fourth-order valence-corrected chi connectivity index (χ4v) is 1.13. The highest BCUT2D eigenvalue weighted by Gasteiger charge is 2.02. The molecule has 0 aliphatic carbocycles. The Balaban J connectivity index is 2.41. The molecule has 0 spiro atoms. The molecule has 0 bridgehead atoms. The van der Waals surface area contributed by atoms with Gasteiger partial charge in [-0.15, -0.1) is 0 Å². The highest BCUT2D eigenvalue weighted by molar-refractivity contribution is 5.69. The first-order valence-electron chi connectivity index (χ1n) is 4.50. The Labute approximate surface area is 82.0 Å². The van der Waals surface area contributed by atoms with Crippen molar-refractivity contribution < 1.29 is 4.74 Å². The molecule has 2 rings (SSSR count). The van der Waals surface area contributed by atoms with Crippen LogP contribution in [-0.4, -0.2) is 21.1 Å². The third-order valence-electron chi connectivity index (χ3n) is 1.65. The van der Waals surface area contributed by atoms with E-state index in [1.54, 1.807) is 12.4 Å². The number of pyridine rings is 1. The zero-order chi connectivity index (χ0) is 9.97. The van der Waals surface area contributed by atoms with Gasteiger partial charge >= 0.3 is 0 Å². The number of ether oxygens (including phenoxy) is 1. The van der Waals surface area contributed by atoms with Gasteiger partial charge in [0.05, 0.1) is 12.3 Å². The van der Waals surface area contributed by atoms with E-state index < -0.39 is 0 Å². The van der Waals surface area contributed by atoms with E-state index in [4.69, 9.17) is 4.74 Å². The Kier molecular flexibility index (Phi) is 2.26. The van der Waals surface area contributed by atoms with Gasteiger partial charge in [0.1, 0.15) is 5.52 Å². The van der Waals surface area contributed by atoms with Crippen molar-refractivity contribution in [1.29, 1.82) is 0 Å². The number of aromatic nitrogens is 3. The zero-order valence-electron chi connectivity index (χ0n) is 8.14. The summed E-state index contributed by atoms with van der Waals surface area (Å²) in [5, 5.41) is 0. The van der Waals surface area contributed by atoms with Gasteiger partial charge in [0.25, 0.3) is 0 Å². The molecule has 0 aliphatic heterocycles. The molecule has 0 N–H and O–H groups in total. The second-order valence-electron chi connectivity index (χ2n) is 3.22. The topological polar surface area (TPSA) is 47.9 Å². The summed E-state index contributed by atoms with van der Waals surface area (Å²) in [6.07, 6.45) is 3.41. The van der Waals surface area contributed by atoms with Crippen LogP contribution < -0.4 is 4.74 Å². The van der Waals surface area contributed by atoms with Crippen LogP contribution in [0.5, 0.6) is 5.88 Å². The van der Waals surface area contributed by atoms with E-state index in [9.17, 15) is 0 Å². The van der Waals surface area contributed by atoms with Crippen LogP contribution in [-0.2, 0) is 0 Å². The van der Waals surface area contributed by atoms with E-state index in [0.29, 0.717) is 11.5 Å². The molecule has 0 atom stereocenters. The molecule has 0 saturated heterocycles. The Hall–Kier alpha value is -1.71. The van der Waals surface area contributed by atoms with Crippen LogP contribution in [0.25, 0.3) is 11.2 Å². The SMILES string of the molecule is CC(C)Oc1cnc2cccnc2n1. The van der Waals surface area contributed by atoms with Crippen molar-refractivity contribution in [2.75, 3.05) is 0 Å². The molecule has 14 heavy (non-hydrogen) atoms. The Morgan fingerprint density at radius 2 is 2.14 bits per heavy atom. The number of nitrogens with zero attached hydrogens (tertiary/aromatic N) is 3. The molecule has 0 aromatic carbocycles. The fraction of sp³-hybridized carbons (Fsp3) is 0.300. The van der Waals surface area contributed by atoms with Crippen LogP contribution in [0.4, 0.5) is 0 Å². The van der Waals surface area contributed by atoms with Gasteiger partial charge in [-0.25, -0.2) is 9.97 Å². The lowest BCUT2D eigenvalue weighted by Crippen LogP contribution is -2.07. The van der Waals surface area contributed by atoms with Crippen molar-refractivity contribution in [3.63, 3.8) is 0 Å². The smallest absolute Gasteiger partial charge is 0.234 e. The van der Waals surface area contributed by atoms with Crippen molar-refractivity contribution in [3.05, 3.63) is 24.5 Å². The van der Waals surface area contributed by atoms with E-state index >= 15 is 0 Å². The van der Waals surface area contributed by atoms with Crippen molar-refractivity contribution in [2.45, 2.75) is 20.0 Å².